The van der Waals surface area contributed by atoms with E-state index < -0.39 is 34.7 Å². The third kappa shape index (κ3) is 5.93. The van der Waals surface area contributed by atoms with Crippen molar-refractivity contribution in [2.24, 2.45) is 0 Å². The van der Waals surface area contributed by atoms with E-state index in [1.807, 2.05) is 0 Å². The predicted molar refractivity (Wildman–Crippen MR) is 75.0 cm³/mol. The molecular weight excluding hydrogens is 339 g/mol. The third-order valence-electron chi connectivity index (χ3n) is 2.95. The van der Waals surface area contributed by atoms with Crippen molar-refractivity contribution in [2.45, 2.75) is 18.6 Å². The van der Waals surface area contributed by atoms with Crippen LogP contribution in [0.3, 0.4) is 0 Å². The van der Waals surface area contributed by atoms with E-state index in [9.17, 15) is 26.4 Å². The lowest BCUT2D eigenvalue weighted by atomic mass is 10.3. The molecule has 0 aromatic carbocycles. The van der Waals surface area contributed by atoms with Crippen LogP contribution in [0, 0.1) is 0 Å². The monoisotopic (exact) mass is 353 g/mol. The molecule has 1 fully saturated rings. The van der Waals surface area contributed by atoms with Gasteiger partial charge in [-0.3, -0.25) is 0 Å². The Balaban J connectivity index is 1.82. The standard InChI is InChI=1S/C12H14F3N3O4S/c13-12(14,15)7-22-10-2-1-8(5-16-10)17-11(19)18-9-3-4-23(20,21)6-9/h1-2,5,9H,3-4,6-7H2,(H2,17,18,19). The van der Waals surface area contributed by atoms with E-state index in [-0.39, 0.29) is 23.1 Å². The first-order valence-corrected chi connectivity index (χ1v) is 8.39. The number of nitrogens with zero attached hydrogens (tertiary/aromatic N) is 1. The minimum atomic E-state index is -4.46. The minimum Gasteiger partial charge on any atom is -0.468 e. The van der Waals surface area contributed by atoms with Crippen molar-refractivity contribution in [3.8, 4) is 5.88 Å². The molecule has 0 radical (unpaired) electrons. The second-order valence-corrected chi connectivity index (χ2v) is 7.22. The van der Waals surface area contributed by atoms with Crippen LogP contribution < -0.4 is 15.4 Å². The molecule has 1 aliphatic rings. The number of urea groups is 1. The van der Waals surface area contributed by atoms with E-state index in [0.29, 0.717) is 6.42 Å². The molecule has 23 heavy (non-hydrogen) atoms. The number of amides is 2. The average molecular weight is 353 g/mol. The molecule has 1 unspecified atom stereocenters. The fourth-order valence-electron chi connectivity index (χ4n) is 1.96. The number of sulfone groups is 1. The number of rotatable bonds is 4. The SMILES string of the molecule is O=C(Nc1ccc(OCC(F)(F)F)nc1)NC1CCS(=O)(=O)C1. The summed E-state index contributed by atoms with van der Waals surface area (Å²) in [5.74, 6) is -0.302. The van der Waals surface area contributed by atoms with Crippen LogP contribution in [0.5, 0.6) is 5.88 Å². The first-order chi connectivity index (χ1) is 10.6. The van der Waals surface area contributed by atoms with Crippen molar-refractivity contribution in [2.75, 3.05) is 23.4 Å². The normalized spacial score (nSPS) is 20.0. The summed E-state index contributed by atoms with van der Waals surface area (Å²) in [7, 11) is -3.10. The molecule has 1 saturated heterocycles. The molecule has 1 atom stereocenters. The molecule has 2 amide bonds. The molecule has 0 bridgehead atoms. The Bertz CT molecular complexity index is 661. The number of hydrogen-bond acceptors (Lipinski definition) is 5. The quantitative estimate of drug-likeness (QED) is 0.851. The van der Waals surface area contributed by atoms with Crippen LogP contribution in [0.4, 0.5) is 23.7 Å². The molecule has 7 nitrogen and oxygen atoms in total. The van der Waals surface area contributed by atoms with Gasteiger partial charge in [0.1, 0.15) is 0 Å². The summed E-state index contributed by atoms with van der Waals surface area (Å²) < 4.78 is 62.9. The van der Waals surface area contributed by atoms with Crippen LogP contribution in [-0.4, -0.2) is 49.8 Å². The van der Waals surface area contributed by atoms with Gasteiger partial charge in [0, 0.05) is 12.1 Å². The summed E-state index contributed by atoms with van der Waals surface area (Å²) in [6.07, 6.45) is -2.98. The van der Waals surface area contributed by atoms with Gasteiger partial charge >= 0.3 is 12.2 Å². The highest BCUT2D eigenvalue weighted by Gasteiger charge is 2.29. The maximum absolute atomic E-state index is 12.0. The van der Waals surface area contributed by atoms with E-state index in [0.717, 1.165) is 6.20 Å². The highest BCUT2D eigenvalue weighted by Crippen LogP contribution is 2.18. The number of nitrogens with one attached hydrogen (secondary N) is 2. The molecule has 2 heterocycles. The topological polar surface area (TPSA) is 97.4 Å². The number of anilines is 1. The third-order valence-corrected chi connectivity index (χ3v) is 4.71. The van der Waals surface area contributed by atoms with Crippen LogP contribution in [0.1, 0.15) is 6.42 Å². The zero-order chi connectivity index (χ0) is 17.1. The maximum atomic E-state index is 12.0. The first-order valence-electron chi connectivity index (χ1n) is 6.56. The number of halogens is 3. The van der Waals surface area contributed by atoms with Gasteiger partial charge in [-0.25, -0.2) is 18.2 Å². The van der Waals surface area contributed by atoms with Crippen LogP contribution in [0.15, 0.2) is 18.3 Å². The molecule has 11 heteroatoms. The van der Waals surface area contributed by atoms with Gasteiger partial charge in [0.15, 0.2) is 16.4 Å². The molecule has 128 valence electrons. The highest BCUT2D eigenvalue weighted by molar-refractivity contribution is 7.91. The predicted octanol–water partition coefficient (Wildman–Crippen LogP) is 1.33. The Labute approximate surface area is 130 Å². The van der Waals surface area contributed by atoms with Crippen molar-refractivity contribution >= 4 is 21.6 Å². The van der Waals surface area contributed by atoms with Crippen molar-refractivity contribution in [3.63, 3.8) is 0 Å². The molecule has 1 aromatic heterocycles. The summed E-state index contributed by atoms with van der Waals surface area (Å²) in [6.45, 7) is -1.45. The summed E-state index contributed by atoms with van der Waals surface area (Å²) in [4.78, 5) is 15.3. The summed E-state index contributed by atoms with van der Waals surface area (Å²) >= 11 is 0. The number of carbonyl (C=O) groups excluding carboxylic acids is 1. The number of pyridine rings is 1. The summed E-state index contributed by atoms with van der Waals surface area (Å²) in [6, 6.07) is 1.44. The Morgan fingerprint density at radius 3 is 2.65 bits per heavy atom. The van der Waals surface area contributed by atoms with Crippen molar-refractivity contribution in [1.29, 1.82) is 0 Å². The van der Waals surface area contributed by atoms with Gasteiger partial charge in [-0.05, 0) is 12.5 Å². The number of ether oxygens (including phenoxy) is 1. The summed E-state index contributed by atoms with van der Waals surface area (Å²) in [5.41, 5.74) is 0.239. The van der Waals surface area contributed by atoms with Gasteiger partial charge in [-0.15, -0.1) is 0 Å². The van der Waals surface area contributed by atoms with Gasteiger partial charge in [-0.2, -0.15) is 13.2 Å². The lowest BCUT2D eigenvalue weighted by Crippen LogP contribution is -2.38. The average Bonchev–Trinajstić information content (AvgIpc) is 2.76. The minimum absolute atomic E-state index is 0.0325. The van der Waals surface area contributed by atoms with Gasteiger partial charge < -0.3 is 15.4 Å². The largest absolute Gasteiger partial charge is 0.468 e. The smallest absolute Gasteiger partial charge is 0.422 e. The van der Waals surface area contributed by atoms with E-state index in [4.69, 9.17) is 0 Å². The molecule has 1 aliphatic heterocycles. The first kappa shape index (κ1) is 17.3. The Morgan fingerprint density at radius 1 is 1.39 bits per heavy atom. The van der Waals surface area contributed by atoms with Crippen LogP contribution in [-0.2, 0) is 9.84 Å². The lowest BCUT2D eigenvalue weighted by molar-refractivity contribution is -0.154. The van der Waals surface area contributed by atoms with Gasteiger partial charge in [-0.1, -0.05) is 0 Å². The molecule has 2 N–H and O–H groups in total. The van der Waals surface area contributed by atoms with Gasteiger partial charge in [0.05, 0.1) is 23.4 Å². The zero-order valence-corrected chi connectivity index (χ0v) is 12.6. The number of hydrogen-bond donors (Lipinski definition) is 2. The molecule has 0 saturated carbocycles. The Kier molecular flexibility index (Phi) is 4.97. The van der Waals surface area contributed by atoms with Crippen molar-refractivity contribution in [3.05, 3.63) is 18.3 Å². The zero-order valence-electron chi connectivity index (χ0n) is 11.8. The van der Waals surface area contributed by atoms with Gasteiger partial charge in [0.25, 0.3) is 0 Å². The second kappa shape index (κ2) is 6.60. The molecule has 1 aromatic rings. The number of alkyl halides is 3. The maximum Gasteiger partial charge on any atom is 0.422 e. The molecule has 0 aliphatic carbocycles. The molecular formula is C12H14F3N3O4S. The highest BCUT2D eigenvalue weighted by atomic mass is 32.2. The number of aromatic nitrogens is 1. The van der Waals surface area contributed by atoms with E-state index in [1.54, 1.807) is 0 Å². The Morgan fingerprint density at radius 2 is 2.13 bits per heavy atom. The van der Waals surface area contributed by atoms with Crippen LogP contribution in [0.2, 0.25) is 0 Å². The van der Waals surface area contributed by atoms with E-state index >= 15 is 0 Å². The van der Waals surface area contributed by atoms with Crippen LogP contribution in [0.25, 0.3) is 0 Å². The summed E-state index contributed by atoms with van der Waals surface area (Å²) in [5, 5.41) is 4.92. The lowest BCUT2D eigenvalue weighted by Gasteiger charge is -2.12. The fraction of sp³-hybridized carbons (Fsp3) is 0.500. The van der Waals surface area contributed by atoms with E-state index in [2.05, 4.69) is 20.4 Å². The van der Waals surface area contributed by atoms with Crippen LogP contribution >= 0.6 is 0 Å². The van der Waals surface area contributed by atoms with Crippen molar-refractivity contribution in [1.82, 2.24) is 10.3 Å². The van der Waals surface area contributed by atoms with Crippen molar-refractivity contribution < 1.29 is 31.1 Å². The fourth-order valence-corrected chi connectivity index (χ4v) is 3.63. The molecule has 2 rings (SSSR count). The molecule has 0 spiro atoms. The number of carbonyl (C=O) groups is 1. The van der Waals surface area contributed by atoms with Gasteiger partial charge in [0.2, 0.25) is 5.88 Å². The Hall–Kier alpha value is -2.04. The van der Waals surface area contributed by atoms with E-state index in [1.165, 1.54) is 12.1 Å². The second-order valence-electron chi connectivity index (χ2n) is 4.99.